The third kappa shape index (κ3) is 7.09. The van der Waals surface area contributed by atoms with Gasteiger partial charge in [-0.3, -0.25) is 13.9 Å². The Balaban J connectivity index is 2.49. The smallest absolute Gasteiger partial charge is 0.244 e. The molecule has 7 nitrogen and oxygen atoms in total. The van der Waals surface area contributed by atoms with Gasteiger partial charge in [-0.05, 0) is 49.6 Å². The Hall–Kier alpha value is -2.29. The molecule has 0 bridgehead atoms. The number of rotatable bonds is 10. The van der Waals surface area contributed by atoms with Crippen molar-refractivity contribution in [1.29, 1.82) is 0 Å². The third-order valence-electron chi connectivity index (χ3n) is 5.19. The van der Waals surface area contributed by atoms with Crippen molar-refractivity contribution in [1.82, 2.24) is 10.2 Å². The molecule has 0 spiro atoms. The van der Waals surface area contributed by atoms with E-state index in [0.29, 0.717) is 13.0 Å². The highest BCUT2D eigenvalue weighted by Crippen LogP contribution is 2.31. The van der Waals surface area contributed by atoms with Crippen molar-refractivity contribution in [2.75, 3.05) is 23.7 Å². The molecule has 2 amide bonds. The summed E-state index contributed by atoms with van der Waals surface area (Å²) in [4.78, 5) is 27.8. The molecular formula is C23H29Cl2N3O4S. The predicted octanol–water partition coefficient (Wildman–Crippen LogP) is 4.01. The zero-order valence-electron chi connectivity index (χ0n) is 19.1. The predicted molar refractivity (Wildman–Crippen MR) is 133 cm³/mol. The number of aryl methyl sites for hydroxylation is 1. The lowest BCUT2D eigenvalue weighted by Crippen LogP contribution is -2.52. The Morgan fingerprint density at radius 3 is 2.33 bits per heavy atom. The monoisotopic (exact) mass is 513 g/mol. The number of nitrogens with zero attached hydrogens (tertiary/aromatic N) is 2. The van der Waals surface area contributed by atoms with Gasteiger partial charge in [-0.2, -0.15) is 0 Å². The maximum Gasteiger partial charge on any atom is 0.244 e. The van der Waals surface area contributed by atoms with E-state index < -0.39 is 28.5 Å². The number of hydrogen-bond acceptors (Lipinski definition) is 4. The van der Waals surface area contributed by atoms with Crippen LogP contribution in [0.3, 0.4) is 0 Å². The topological polar surface area (TPSA) is 86.8 Å². The van der Waals surface area contributed by atoms with E-state index in [4.69, 9.17) is 23.2 Å². The summed E-state index contributed by atoms with van der Waals surface area (Å²) >= 11 is 12.3. The van der Waals surface area contributed by atoms with Gasteiger partial charge in [0.1, 0.15) is 12.6 Å². The van der Waals surface area contributed by atoms with Crippen LogP contribution in [-0.4, -0.2) is 50.5 Å². The zero-order chi connectivity index (χ0) is 24.8. The highest BCUT2D eigenvalue weighted by atomic mass is 35.5. The van der Waals surface area contributed by atoms with Gasteiger partial charge in [0, 0.05) is 18.1 Å². The van der Waals surface area contributed by atoms with Crippen LogP contribution in [0.1, 0.15) is 31.4 Å². The summed E-state index contributed by atoms with van der Waals surface area (Å²) in [5, 5.41) is 3.18. The molecule has 0 saturated heterocycles. The van der Waals surface area contributed by atoms with E-state index in [9.17, 15) is 18.0 Å². The largest absolute Gasteiger partial charge is 0.355 e. The first-order valence-electron chi connectivity index (χ1n) is 10.5. The van der Waals surface area contributed by atoms with Crippen molar-refractivity contribution < 1.29 is 18.0 Å². The number of halogens is 2. The van der Waals surface area contributed by atoms with Crippen molar-refractivity contribution in [3.63, 3.8) is 0 Å². The number of nitrogens with one attached hydrogen (secondary N) is 1. The van der Waals surface area contributed by atoms with E-state index in [1.54, 1.807) is 13.8 Å². The summed E-state index contributed by atoms with van der Waals surface area (Å²) in [5.74, 6) is -0.827. The lowest BCUT2D eigenvalue weighted by molar-refractivity contribution is -0.140. The molecule has 0 saturated carbocycles. The molecule has 0 aliphatic rings. The Kier molecular flexibility index (Phi) is 9.57. The average Bonchev–Trinajstić information content (AvgIpc) is 2.74. The molecular weight excluding hydrogens is 485 g/mol. The highest BCUT2D eigenvalue weighted by molar-refractivity contribution is 7.92. The lowest BCUT2D eigenvalue weighted by Gasteiger charge is -2.33. The molecule has 0 fully saturated rings. The summed E-state index contributed by atoms with van der Waals surface area (Å²) in [7, 11) is -3.89. The normalized spacial score (nSPS) is 12.2. The van der Waals surface area contributed by atoms with E-state index in [1.807, 2.05) is 31.2 Å². The fourth-order valence-electron chi connectivity index (χ4n) is 3.45. The summed E-state index contributed by atoms with van der Waals surface area (Å²) in [6.45, 7) is 5.56. The number of hydrogen-bond donors (Lipinski definition) is 1. The van der Waals surface area contributed by atoms with Crippen molar-refractivity contribution >= 4 is 50.7 Å². The van der Waals surface area contributed by atoms with E-state index in [0.717, 1.165) is 21.7 Å². The van der Waals surface area contributed by atoms with Crippen molar-refractivity contribution in [2.45, 2.75) is 39.8 Å². The molecule has 0 radical (unpaired) electrons. The Labute approximate surface area is 205 Å². The van der Waals surface area contributed by atoms with Crippen molar-refractivity contribution in [3.05, 3.63) is 63.6 Å². The lowest BCUT2D eigenvalue weighted by atomic mass is 10.1. The molecule has 33 heavy (non-hydrogen) atoms. The number of carbonyl (C=O) groups excluding carboxylic acids is 2. The van der Waals surface area contributed by atoms with Gasteiger partial charge in [0.05, 0.1) is 17.0 Å². The van der Waals surface area contributed by atoms with Crippen molar-refractivity contribution in [2.24, 2.45) is 0 Å². The minimum absolute atomic E-state index is 0.0990. The van der Waals surface area contributed by atoms with Crippen LogP contribution in [0.2, 0.25) is 10.0 Å². The number of benzene rings is 2. The van der Waals surface area contributed by atoms with E-state index in [2.05, 4.69) is 5.32 Å². The van der Waals surface area contributed by atoms with Crippen LogP contribution in [0.4, 0.5) is 5.69 Å². The van der Waals surface area contributed by atoms with Gasteiger partial charge in [0.15, 0.2) is 0 Å². The molecule has 2 aromatic rings. The fraction of sp³-hybridized carbons (Fsp3) is 0.391. The number of amides is 2. The van der Waals surface area contributed by atoms with Crippen LogP contribution in [0.5, 0.6) is 0 Å². The molecule has 1 atom stereocenters. The minimum atomic E-state index is -3.89. The van der Waals surface area contributed by atoms with Gasteiger partial charge in [0.25, 0.3) is 0 Å². The molecule has 10 heteroatoms. The van der Waals surface area contributed by atoms with Gasteiger partial charge >= 0.3 is 0 Å². The highest BCUT2D eigenvalue weighted by Gasteiger charge is 2.32. The summed E-state index contributed by atoms with van der Waals surface area (Å²) in [5.41, 5.74) is 1.92. The maximum atomic E-state index is 13.6. The number of anilines is 1. The van der Waals surface area contributed by atoms with E-state index in [-0.39, 0.29) is 28.2 Å². The SMILES string of the molecule is CCNC(=O)[C@@H](CC)N(Cc1ccccc1C)C(=O)CN(c1cc(Cl)ccc1Cl)S(C)(=O)=O. The van der Waals surface area contributed by atoms with Crippen molar-refractivity contribution in [3.8, 4) is 0 Å². The standard InChI is InChI=1S/C23H29Cl2N3O4S/c1-5-20(23(30)26-6-2)27(14-17-10-8-7-9-16(17)3)22(29)15-28(33(4,31)32)21-13-18(24)11-12-19(21)25/h7-13,20H,5-6,14-15H2,1-4H3,(H,26,30)/t20-/m1/s1. The fourth-order valence-corrected chi connectivity index (χ4v) is 4.74. The first-order chi connectivity index (χ1) is 15.5. The minimum Gasteiger partial charge on any atom is -0.355 e. The van der Waals surface area contributed by atoms with E-state index >= 15 is 0 Å². The van der Waals surface area contributed by atoms with Gasteiger partial charge < -0.3 is 10.2 Å². The molecule has 0 aliphatic carbocycles. The third-order valence-corrected chi connectivity index (χ3v) is 6.88. The first-order valence-corrected chi connectivity index (χ1v) is 13.1. The van der Waals surface area contributed by atoms with Crippen LogP contribution >= 0.6 is 23.2 Å². The molecule has 0 aromatic heterocycles. The molecule has 180 valence electrons. The summed E-state index contributed by atoms with van der Waals surface area (Å²) < 4.78 is 26.1. The molecule has 0 heterocycles. The molecule has 2 aromatic carbocycles. The zero-order valence-corrected chi connectivity index (χ0v) is 21.5. The second-order valence-electron chi connectivity index (χ2n) is 7.63. The Bertz CT molecular complexity index is 1110. The van der Waals surface area contributed by atoms with Crippen LogP contribution in [0.25, 0.3) is 0 Å². The molecule has 0 unspecified atom stereocenters. The summed E-state index contributed by atoms with van der Waals surface area (Å²) in [6.07, 6.45) is 1.35. The quantitative estimate of drug-likeness (QED) is 0.519. The van der Waals surface area contributed by atoms with E-state index in [1.165, 1.54) is 23.1 Å². The second-order valence-corrected chi connectivity index (χ2v) is 10.4. The summed E-state index contributed by atoms with van der Waals surface area (Å²) in [6, 6.07) is 11.2. The number of likely N-dealkylation sites (N-methyl/N-ethyl adjacent to an activating group) is 1. The number of carbonyl (C=O) groups is 2. The molecule has 2 rings (SSSR count). The molecule has 1 N–H and O–H groups in total. The van der Waals surface area contributed by atoms with Gasteiger partial charge in [-0.15, -0.1) is 0 Å². The Morgan fingerprint density at radius 1 is 1.09 bits per heavy atom. The van der Waals surface area contributed by atoms with Crippen LogP contribution in [0.15, 0.2) is 42.5 Å². The van der Waals surface area contributed by atoms with Gasteiger partial charge in [-0.25, -0.2) is 8.42 Å². The average molecular weight is 514 g/mol. The van der Waals surface area contributed by atoms with Crippen LogP contribution < -0.4 is 9.62 Å². The number of sulfonamides is 1. The maximum absolute atomic E-state index is 13.6. The van der Waals surface area contributed by atoms with Gasteiger partial charge in [0.2, 0.25) is 21.8 Å². The first kappa shape index (κ1) is 27.0. The van der Waals surface area contributed by atoms with Gasteiger partial charge in [-0.1, -0.05) is 54.4 Å². The van der Waals surface area contributed by atoms with Crippen LogP contribution in [0, 0.1) is 6.92 Å². The second kappa shape index (κ2) is 11.7. The Morgan fingerprint density at radius 2 is 1.76 bits per heavy atom. The molecule has 0 aliphatic heterocycles. The van der Waals surface area contributed by atoms with Crippen LogP contribution in [-0.2, 0) is 26.2 Å².